The lowest BCUT2D eigenvalue weighted by Crippen LogP contribution is -2.12. The van der Waals surface area contributed by atoms with Crippen LogP contribution >= 0.6 is 0 Å². The van der Waals surface area contributed by atoms with Crippen LogP contribution in [0, 0.1) is 0 Å². The summed E-state index contributed by atoms with van der Waals surface area (Å²) in [7, 11) is 1.71. The first kappa shape index (κ1) is 20.5. The SMILES string of the molecule is CN(CCCN=NNc1ccccc1C(=O)O)N=Nc1ccccc1C(=O)O. The van der Waals surface area contributed by atoms with Crippen molar-refractivity contribution >= 4 is 23.3 Å². The molecule has 2 aromatic rings. The molecule has 0 bridgehead atoms. The van der Waals surface area contributed by atoms with Gasteiger partial charge in [-0.1, -0.05) is 34.7 Å². The van der Waals surface area contributed by atoms with E-state index in [9.17, 15) is 9.59 Å². The molecule has 10 heteroatoms. The Hall–Kier alpha value is -3.82. The average molecular weight is 384 g/mol. The zero-order valence-electron chi connectivity index (χ0n) is 15.2. The fourth-order valence-electron chi connectivity index (χ4n) is 2.19. The molecular formula is C18H20N6O4. The van der Waals surface area contributed by atoms with Crippen LogP contribution in [0.4, 0.5) is 11.4 Å². The summed E-state index contributed by atoms with van der Waals surface area (Å²) in [5.74, 6) is -2.11. The van der Waals surface area contributed by atoms with Crippen molar-refractivity contribution in [3.8, 4) is 0 Å². The number of carboxylic acids is 2. The van der Waals surface area contributed by atoms with E-state index >= 15 is 0 Å². The van der Waals surface area contributed by atoms with Crippen LogP contribution in [0.2, 0.25) is 0 Å². The molecule has 3 N–H and O–H groups in total. The first-order valence-electron chi connectivity index (χ1n) is 8.39. The largest absolute Gasteiger partial charge is 0.478 e. The Bertz CT molecular complexity index is 884. The predicted molar refractivity (Wildman–Crippen MR) is 102 cm³/mol. The number of hydrogen-bond donors (Lipinski definition) is 3. The van der Waals surface area contributed by atoms with Gasteiger partial charge in [-0.05, 0) is 30.7 Å². The van der Waals surface area contributed by atoms with E-state index in [0.717, 1.165) is 0 Å². The summed E-state index contributed by atoms with van der Waals surface area (Å²) in [6.07, 6.45) is 0.627. The lowest BCUT2D eigenvalue weighted by atomic mass is 10.2. The van der Waals surface area contributed by atoms with E-state index in [-0.39, 0.29) is 16.8 Å². The second-order valence-corrected chi connectivity index (χ2v) is 5.67. The van der Waals surface area contributed by atoms with Crippen molar-refractivity contribution in [3.05, 3.63) is 59.7 Å². The van der Waals surface area contributed by atoms with Crippen LogP contribution in [0.3, 0.4) is 0 Å². The summed E-state index contributed by atoms with van der Waals surface area (Å²) in [5, 5.41) is 35.4. The van der Waals surface area contributed by atoms with Gasteiger partial charge in [-0.25, -0.2) is 9.59 Å². The number of nitrogens with zero attached hydrogens (tertiary/aromatic N) is 5. The molecule has 2 aromatic carbocycles. The third-order valence-corrected chi connectivity index (χ3v) is 3.58. The number of aromatic carboxylic acids is 2. The average Bonchev–Trinajstić information content (AvgIpc) is 2.69. The highest BCUT2D eigenvalue weighted by atomic mass is 16.4. The van der Waals surface area contributed by atoms with Crippen LogP contribution in [0.15, 0.2) is 69.2 Å². The number of benzene rings is 2. The second kappa shape index (κ2) is 10.4. The highest BCUT2D eigenvalue weighted by Gasteiger charge is 2.09. The fraction of sp³-hybridized carbons (Fsp3) is 0.222. The number of nitrogens with one attached hydrogen (secondary N) is 1. The van der Waals surface area contributed by atoms with Crippen LogP contribution in [-0.4, -0.2) is 47.3 Å². The van der Waals surface area contributed by atoms with E-state index in [2.05, 4.69) is 26.1 Å². The zero-order valence-corrected chi connectivity index (χ0v) is 15.2. The minimum atomic E-state index is -1.06. The number of para-hydroxylation sites is 1. The molecule has 0 fully saturated rings. The smallest absolute Gasteiger partial charge is 0.337 e. The van der Waals surface area contributed by atoms with Gasteiger partial charge in [0.05, 0.1) is 23.4 Å². The molecule has 2 rings (SSSR count). The van der Waals surface area contributed by atoms with E-state index in [0.29, 0.717) is 25.2 Å². The van der Waals surface area contributed by atoms with Gasteiger partial charge >= 0.3 is 11.9 Å². The third kappa shape index (κ3) is 6.16. The van der Waals surface area contributed by atoms with E-state index in [1.165, 1.54) is 12.1 Å². The normalized spacial score (nSPS) is 11.0. The van der Waals surface area contributed by atoms with E-state index in [1.807, 2.05) is 0 Å². The molecule has 0 aromatic heterocycles. The maximum Gasteiger partial charge on any atom is 0.337 e. The van der Waals surface area contributed by atoms with Gasteiger partial charge in [0.1, 0.15) is 5.69 Å². The third-order valence-electron chi connectivity index (χ3n) is 3.58. The molecule has 0 atom stereocenters. The fourth-order valence-corrected chi connectivity index (χ4v) is 2.19. The van der Waals surface area contributed by atoms with E-state index in [4.69, 9.17) is 10.2 Å². The molecule has 0 radical (unpaired) electrons. The lowest BCUT2D eigenvalue weighted by molar-refractivity contribution is 0.0687. The van der Waals surface area contributed by atoms with Crippen molar-refractivity contribution in [2.75, 3.05) is 25.6 Å². The molecule has 0 heterocycles. The first-order valence-corrected chi connectivity index (χ1v) is 8.39. The molecule has 0 saturated carbocycles. The maximum atomic E-state index is 11.1. The van der Waals surface area contributed by atoms with Gasteiger partial charge in [-0.3, -0.25) is 10.4 Å². The van der Waals surface area contributed by atoms with Crippen LogP contribution in [0.25, 0.3) is 0 Å². The van der Waals surface area contributed by atoms with Gasteiger partial charge < -0.3 is 10.2 Å². The zero-order chi connectivity index (χ0) is 20.4. The van der Waals surface area contributed by atoms with Gasteiger partial charge in [0.25, 0.3) is 0 Å². The lowest BCUT2D eigenvalue weighted by Gasteiger charge is -2.09. The Balaban J connectivity index is 1.77. The van der Waals surface area contributed by atoms with Crippen molar-refractivity contribution in [1.82, 2.24) is 5.01 Å². The van der Waals surface area contributed by atoms with E-state index < -0.39 is 11.9 Å². The molecule has 0 unspecified atom stereocenters. The van der Waals surface area contributed by atoms with Crippen LogP contribution < -0.4 is 5.43 Å². The maximum absolute atomic E-state index is 11.1. The Morgan fingerprint density at radius 2 is 1.64 bits per heavy atom. The number of rotatable bonds is 10. The molecule has 0 aliphatic rings. The van der Waals surface area contributed by atoms with Crippen molar-refractivity contribution in [2.45, 2.75) is 6.42 Å². The second-order valence-electron chi connectivity index (χ2n) is 5.67. The molecule has 0 aliphatic heterocycles. The standard InChI is InChI=1S/C18H20N6O4/c1-24(23-21-16-10-5-3-8-14(16)18(27)28)12-6-11-19-22-20-15-9-4-2-7-13(15)17(25)26/h2-5,7-10H,6,11-12H2,1H3,(H,19,20)(H,25,26)(H,27,28). The van der Waals surface area contributed by atoms with Crippen LogP contribution in [-0.2, 0) is 0 Å². The Morgan fingerprint density at radius 1 is 1.00 bits per heavy atom. The van der Waals surface area contributed by atoms with Crippen LogP contribution in [0.1, 0.15) is 27.1 Å². The van der Waals surface area contributed by atoms with Crippen molar-refractivity contribution < 1.29 is 19.8 Å². The van der Waals surface area contributed by atoms with Crippen LogP contribution in [0.5, 0.6) is 0 Å². The van der Waals surface area contributed by atoms with Crippen molar-refractivity contribution in [2.24, 2.45) is 20.7 Å². The molecule has 0 saturated heterocycles. The van der Waals surface area contributed by atoms with Gasteiger partial charge in [-0.2, -0.15) is 5.11 Å². The summed E-state index contributed by atoms with van der Waals surface area (Å²) in [5.41, 5.74) is 3.45. The number of anilines is 1. The Morgan fingerprint density at radius 3 is 2.36 bits per heavy atom. The summed E-state index contributed by atoms with van der Waals surface area (Å²) in [4.78, 5) is 22.2. The minimum absolute atomic E-state index is 0.0844. The minimum Gasteiger partial charge on any atom is -0.478 e. The molecule has 0 spiro atoms. The topological polar surface area (TPSA) is 139 Å². The predicted octanol–water partition coefficient (Wildman–Crippen LogP) is 3.88. The highest BCUT2D eigenvalue weighted by molar-refractivity contribution is 5.94. The molecule has 0 amide bonds. The van der Waals surface area contributed by atoms with E-state index in [1.54, 1.807) is 48.5 Å². The Labute approximate surface area is 161 Å². The molecule has 10 nitrogen and oxygen atoms in total. The summed E-state index contributed by atoms with van der Waals surface area (Å²) in [6, 6.07) is 12.8. The number of carboxylic acid groups (broad SMARTS) is 2. The first-order chi connectivity index (χ1) is 13.5. The summed E-state index contributed by atoms with van der Waals surface area (Å²) >= 11 is 0. The molecular weight excluding hydrogens is 364 g/mol. The van der Waals surface area contributed by atoms with Crippen molar-refractivity contribution in [1.29, 1.82) is 0 Å². The molecule has 146 valence electrons. The molecule has 0 aliphatic carbocycles. The monoisotopic (exact) mass is 384 g/mol. The summed E-state index contributed by atoms with van der Waals surface area (Å²) in [6.45, 7) is 0.928. The number of carbonyl (C=O) groups is 2. The van der Waals surface area contributed by atoms with Gasteiger partial charge in [0.2, 0.25) is 0 Å². The van der Waals surface area contributed by atoms with Gasteiger partial charge in [0, 0.05) is 13.6 Å². The van der Waals surface area contributed by atoms with Gasteiger partial charge in [0.15, 0.2) is 0 Å². The number of hydrogen-bond acceptors (Lipinski definition) is 6. The summed E-state index contributed by atoms with van der Waals surface area (Å²) < 4.78 is 0. The van der Waals surface area contributed by atoms with Crippen molar-refractivity contribution in [3.63, 3.8) is 0 Å². The quantitative estimate of drug-likeness (QED) is 0.323. The van der Waals surface area contributed by atoms with Gasteiger partial charge in [-0.15, -0.1) is 5.11 Å². The highest BCUT2D eigenvalue weighted by Crippen LogP contribution is 2.19. The molecule has 28 heavy (non-hydrogen) atoms. The Kier molecular flexibility index (Phi) is 7.58.